The standard InChI is InChI=1S/C17H25N3O2/c1-12-6-8-14(9-7-12)11-19-16(21)15-5-4-10-20(15)17(22)13(2)18-3/h6-9,13,15,18H,4-5,10-11H2,1-3H3,(H,19,21)/t13-,15+/m1/s1. The minimum absolute atomic E-state index is 0.00418. The van der Waals surface area contributed by atoms with Crippen LogP contribution in [0, 0.1) is 6.92 Å². The second-order valence-electron chi connectivity index (χ2n) is 5.90. The molecule has 0 bridgehead atoms. The monoisotopic (exact) mass is 303 g/mol. The van der Waals surface area contributed by atoms with Crippen molar-refractivity contribution in [3.63, 3.8) is 0 Å². The van der Waals surface area contributed by atoms with Gasteiger partial charge in [-0.2, -0.15) is 0 Å². The molecule has 0 unspecified atom stereocenters. The fourth-order valence-corrected chi connectivity index (χ4v) is 2.69. The zero-order chi connectivity index (χ0) is 16.1. The van der Waals surface area contributed by atoms with Crippen LogP contribution in [0.2, 0.25) is 0 Å². The molecule has 0 radical (unpaired) electrons. The molecule has 1 aromatic rings. The molecule has 1 aliphatic heterocycles. The first-order valence-electron chi connectivity index (χ1n) is 7.84. The Bertz CT molecular complexity index is 527. The molecule has 1 fully saturated rings. The number of rotatable bonds is 5. The summed E-state index contributed by atoms with van der Waals surface area (Å²) < 4.78 is 0. The van der Waals surface area contributed by atoms with E-state index in [1.165, 1.54) is 5.56 Å². The lowest BCUT2D eigenvalue weighted by Gasteiger charge is -2.26. The number of hydrogen-bond donors (Lipinski definition) is 2. The molecule has 0 spiro atoms. The molecule has 120 valence electrons. The summed E-state index contributed by atoms with van der Waals surface area (Å²) in [6, 6.07) is 7.48. The van der Waals surface area contributed by atoms with Gasteiger partial charge in [0.15, 0.2) is 0 Å². The van der Waals surface area contributed by atoms with Crippen molar-refractivity contribution >= 4 is 11.8 Å². The largest absolute Gasteiger partial charge is 0.350 e. The molecule has 2 amide bonds. The summed E-state index contributed by atoms with van der Waals surface area (Å²) in [5.74, 6) is -0.0646. The van der Waals surface area contributed by atoms with Gasteiger partial charge >= 0.3 is 0 Å². The van der Waals surface area contributed by atoms with E-state index in [-0.39, 0.29) is 23.9 Å². The molecule has 2 N–H and O–H groups in total. The number of carbonyl (C=O) groups is 2. The summed E-state index contributed by atoms with van der Waals surface area (Å²) in [4.78, 5) is 26.4. The minimum atomic E-state index is -0.339. The third kappa shape index (κ3) is 3.85. The Morgan fingerprint density at radius 2 is 2.00 bits per heavy atom. The number of amides is 2. The molecule has 0 saturated carbocycles. The quantitative estimate of drug-likeness (QED) is 0.859. The van der Waals surface area contributed by atoms with Gasteiger partial charge in [0.25, 0.3) is 0 Å². The summed E-state index contributed by atoms with van der Waals surface area (Å²) in [6.45, 7) is 5.02. The van der Waals surface area contributed by atoms with E-state index in [1.54, 1.807) is 11.9 Å². The smallest absolute Gasteiger partial charge is 0.243 e. The van der Waals surface area contributed by atoms with Crippen LogP contribution in [0.3, 0.4) is 0 Å². The zero-order valence-corrected chi connectivity index (χ0v) is 13.6. The Morgan fingerprint density at radius 1 is 1.32 bits per heavy atom. The van der Waals surface area contributed by atoms with Crippen molar-refractivity contribution in [1.29, 1.82) is 0 Å². The number of hydrogen-bond acceptors (Lipinski definition) is 3. The van der Waals surface area contributed by atoms with E-state index in [1.807, 2.05) is 38.1 Å². The van der Waals surface area contributed by atoms with Gasteiger partial charge < -0.3 is 15.5 Å². The van der Waals surface area contributed by atoms with Gasteiger partial charge in [-0.3, -0.25) is 9.59 Å². The molecule has 1 aromatic carbocycles. The number of likely N-dealkylation sites (N-methyl/N-ethyl adjacent to an activating group) is 1. The van der Waals surface area contributed by atoms with E-state index >= 15 is 0 Å². The normalized spacial score (nSPS) is 19.0. The Kier molecular flexibility index (Phi) is 5.55. The van der Waals surface area contributed by atoms with Gasteiger partial charge in [-0.25, -0.2) is 0 Å². The Morgan fingerprint density at radius 3 is 2.64 bits per heavy atom. The predicted molar refractivity (Wildman–Crippen MR) is 86.3 cm³/mol. The lowest BCUT2D eigenvalue weighted by atomic mass is 10.1. The molecule has 22 heavy (non-hydrogen) atoms. The van der Waals surface area contributed by atoms with Gasteiger partial charge in [0.05, 0.1) is 6.04 Å². The van der Waals surface area contributed by atoms with Crippen molar-refractivity contribution in [3.8, 4) is 0 Å². The summed E-state index contributed by atoms with van der Waals surface area (Å²) in [5.41, 5.74) is 2.27. The van der Waals surface area contributed by atoms with E-state index in [0.29, 0.717) is 13.1 Å². The number of nitrogens with one attached hydrogen (secondary N) is 2. The third-order valence-corrected chi connectivity index (χ3v) is 4.23. The predicted octanol–water partition coefficient (Wildman–Crippen LogP) is 1.21. The SMILES string of the molecule is CN[C@H](C)C(=O)N1CCC[C@H]1C(=O)NCc1ccc(C)cc1. The molecule has 2 atom stereocenters. The number of aryl methyl sites for hydroxylation is 1. The molecule has 5 nitrogen and oxygen atoms in total. The second-order valence-corrected chi connectivity index (χ2v) is 5.90. The molecule has 2 rings (SSSR count). The van der Waals surface area contributed by atoms with Gasteiger partial charge in [-0.05, 0) is 39.3 Å². The van der Waals surface area contributed by atoms with Crippen LogP contribution in [-0.2, 0) is 16.1 Å². The maximum Gasteiger partial charge on any atom is 0.243 e. The number of nitrogens with zero attached hydrogens (tertiary/aromatic N) is 1. The Labute approximate surface area is 132 Å². The highest BCUT2D eigenvalue weighted by Crippen LogP contribution is 2.18. The molecule has 1 saturated heterocycles. The van der Waals surface area contributed by atoms with Crippen molar-refractivity contribution in [2.75, 3.05) is 13.6 Å². The average Bonchev–Trinajstić information content (AvgIpc) is 3.02. The van der Waals surface area contributed by atoms with Crippen molar-refractivity contribution in [2.24, 2.45) is 0 Å². The van der Waals surface area contributed by atoms with Crippen molar-refractivity contribution < 1.29 is 9.59 Å². The maximum atomic E-state index is 12.4. The summed E-state index contributed by atoms with van der Waals surface area (Å²) >= 11 is 0. The maximum absolute atomic E-state index is 12.4. The first-order chi connectivity index (χ1) is 10.5. The zero-order valence-electron chi connectivity index (χ0n) is 13.6. The highest BCUT2D eigenvalue weighted by atomic mass is 16.2. The molecule has 1 heterocycles. The van der Waals surface area contributed by atoms with Crippen molar-refractivity contribution in [1.82, 2.24) is 15.5 Å². The summed E-state index contributed by atoms with van der Waals surface area (Å²) in [7, 11) is 1.76. The van der Waals surface area contributed by atoms with Crippen LogP contribution in [0.1, 0.15) is 30.9 Å². The topological polar surface area (TPSA) is 61.4 Å². The molecular weight excluding hydrogens is 278 g/mol. The summed E-state index contributed by atoms with van der Waals surface area (Å²) in [5, 5.41) is 5.89. The lowest BCUT2D eigenvalue weighted by molar-refractivity contribution is -0.139. The van der Waals surface area contributed by atoms with Gasteiger partial charge in [-0.1, -0.05) is 29.8 Å². The van der Waals surface area contributed by atoms with Crippen molar-refractivity contribution in [2.45, 2.75) is 45.3 Å². The first-order valence-corrected chi connectivity index (χ1v) is 7.84. The van der Waals surface area contributed by atoms with E-state index in [4.69, 9.17) is 0 Å². The van der Waals surface area contributed by atoms with Crippen molar-refractivity contribution in [3.05, 3.63) is 35.4 Å². The Hall–Kier alpha value is -1.88. The second kappa shape index (κ2) is 7.40. The molecule has 5 heteroatoms. The van der Waals surface area contributed by atoms with Crippen LogP contribution >= 0.6 is 0 Å². The average molecular weight is 303 g/mol. The fourth-order valence-electron chi connectivity index (χ4n) is 2.69. The minimum Gasteiger partial charge on any atom is -0.350 e. The number of carbonyl (C=O) groups excluding carboxylic acids is 2. The third-order valence-electron chi connectivity index (χ3n) is 4.23. The van der Waals surface area contributed by atoms with Crippen LogP contribution < -0.4 is 10.6 Å². The van der Waals surface area contributed by atoms with E-state index < -0.39 is 0 Å². The lowest BCUT2D eigenvalue weighted by Crippen LogP contribution is -2.50. The molecule has 0 aromatic heterocycles. The van der Waals surface area contributed by atoms with Crippen LogP contribution in [0.5, 0.6) is 0 Å². The molecule has 1 aliphatic rings. The highest BCUT2D eigenvalue weighted by Gasteiger charge is 2.35. The van der Waals surface area contributed by atoms with Crippen LogP contribution in [0.25, 0.3) is 0 Å². The van der Waals surface area contributed by atoms with Gasteiger partial charge in [0.2, 0.25) is 11.8 Å². The van der Waals surface area contributed by atoms with E-state index in [9.17, 15) is 9.59 Å². The van der Waals surface area contributed by atoms with E-state index in [0.717, 1.165) is 18.4 Å². The molecular formula is C17H25N3O2. The van der Waals surface area contributed by atoms with Gasteiger partial charge in [0, 0.05) is 13.1 Å². The van der Waals surface area contributed by atoms with Crippen LogP contribution in [0.15, 0.2) is 24.3 Å². The first kappa shape index (κ1) is 16.5. The number of likely N-dealkylation sites (tertiary alicyclic amines) is 1. The van der Waals surface area contributed by atoms with Crippen LogP contribution in [0.4, 0.5) is 0 Å². The van der Waals surface area contributed by atoms with Gasteiger partial charge in [0.1, 0.15) is 6.04 Å². The molecule has 0 aliphatic carbocycles. The van der Waals surface area contributed by atoms with Crippen LogP contribution in [-0.4, -0.2) is 42.4 Å². The van der Waals surface area contributed by atoms with E-state index in [2.05, 4.69) is 10.6 Å². The summed E-state index contributed by atoms with van der Waals surface area (Å²) in [6.07, 6.45) is 1.62. The number of benzene rings is 1. The fraction of sp³-hybridized carbons (Fsp3) is 0.529. The Balaban J connectivity index is 1.93. The highest BCUT2D eigenvalue weighted by molar-refractivity contribution is 5.90. The van der Waals surface area contributed by atoms with Gasteiger partial charge in [-0.15, -0.1) is 0 Å².